The van der Waals surface area contributed by atoms with Gasteiger partial charge in [0.25, 0.3) is 5.91 Å². The van der Waals surface area contributed by atoms with Crippen LogP contribution in [-0.4, -0.2) is 17.4 Å². The smallest absolute Gasteiger partial charge is 0.287 e. The fourth-order valence-electron chi connectivity index (χ4n) is 3.23. The maximum atomic E-state index is 13.9. The number of hydrogen-bond donors (Lipinski definition) is 2. The summed E-state index contributed by atoms with van der Waals surface area (Å²) in [6.45, 7) is 2.11. The number of aryl methyl sites for hydroxylation is 1. The molecule has 0 spiro atoms. The third kappa shape index (κ3) is 3.17. The molecule has 0 radical (unpaired) electrons. The molecule has 138 valence electrons. The lowest BCUT2D eigenvalue weighted by Crippen LogP contribution is -2.25. The van der Waals surface area contributed by atoms with Crippen molar-refractivity contribution < 1.29 is 18.0 Å². The van der Waals surface area contributed by atoms with Gasteiger partial charge in [-0.3, -0.25) is 4.79 Å². The first-order valence-electron chi connectivity index (χ1n) is 8.36. The minimum atomic E-state index is -0.896. The zero-order chi connectivity index (χ0) is 19.1. The van der Waals surface area contributed by atoms with Gasteiger partial charge < -0.3 is 14.7 Å². The van der Waals surface area contributed by atoms with Gasteiger partial charge in [0.2, 0.25) is 0 Å². The van der Waals surface area contributed by atoms with E-state index in [1.165, 1.54) is 6.07 Å². The Kier molecular flexibility index (Phi) is 4.36. The Morgan fingerprint density at radius 2 is 2.04 bits per heavy atom. The van der Waals surface area contributed by atoms with E-state index >= 15 is 0 Å². The van der Waals surface area contributed by atoms with Gasteiger partial charge in [-0.2, -0.15) is 0 Å². The van der Waals surface area contributed by atoms with Crippen molar-refractivity contribution in [1.82, 2.24) is 10.3 Å². The monoisotopic (exact) mass is 388 g/mol. The molecule has 0 saturated carbocycles. The molecule has 4 aromatic rings. The zero-order valence-electron chi connectivity index (χ0n) is 14.3. The van der Waals surface area contributed by atoms with Crippen molar-refractivity contribution in [2.45, 2.75) is 13.3 Å². The molecule has 0 aliphatic rings. The number of halogens is 3. The van der Waals surface area contributed by atoms with E-state index in [9.17, 15) is 13.6 Å². The minimum absolute atomic E-state index is 0.142. The van der Waals surface area contributed by atoms with Gasteiger partial charge in [-0.15, -0.1) is 0 Å². The van der Waals surface area contributed by atoms with Crippen molar-refractivity contribution in [2.24, 2.45) is 0 Å². The molecular formula is C20H15ClF2N2O2. The lowest BCUT2D eigenvalue weighted by Gasteiger charge is -2.04. The second-order valence-electron chi connectivity index (χ2n) is 6.31. The maximum Gasteiger partial charge on any atom is 0.287 e. The molecule has 4 nitrogen and oxygen atoms in total. The molecule has 0 fully saturated rings. The predicted octanol–water partition coefficient (Wildman–Crippen LogP) is 5.13. The highest BCUT2D eigenvalue weighted by Gasteiger charge is 2.16. The molecule has 0 aliphatic carbocycles. The van der Waals surface area contributed by atoms with E-state index in [0.29, 0.717) is 29.0 Å². The number of rotatable bonds is 4. The topological polar surface area (TPSA) is 58.0 Å². The number of fused-ring (bicyclic) bond motifs is 2. The molecule has 0 aliphatic heterocycles. The van der Waals surface area contributed by atoms with Crippen molar-refractivity contribution >= 4 is 39.4 Å². The molecule has 0 atom stereocenters. The van der Waals surface area contributed by atoms with Crippen LogP contribution in [0.3, 0.4) is 0 Å². The molecule has 7 heteroatoms. The summed E-state index contributed by atoms with van der Waals surface area (Å²) in [4.78, 5) is 15.2. The van der Waals surface area contributed by atoms with E-state index in [4.69, 9.17) is 16.0 Å². The largest absolute Gasteiger partial charge is 0.451 e. The van der Waals surface area contributed by atoms with Crippen LogP contribution in [0, 0.1) is 18.6 Å². The number of furan rings is 1. The SMILES string of the molecule is Cc1[nH]c2c(F)c(F)ccc2c1CCNC(=O)c1cc2cc(Cl)ccc2o1. The van der Waals surface area contributed by atoms with Crippen molar-refractivity contribution in [2.75, 3.05) is 6.54 Å². The van der Waals surface area contributed by atoms with Crippen molar-refractivity contribution in [3.05, 3.63) is 70.1 Å². The van der Waals surface area contributed by atoms with E-state index in [-0.39, 0.29) is 17.2 Å². The lowest BCUT2D eigenvalue weighted by molar-refractivity contribution is 0.0928. The first kappa shape index (κ1) is 17.5. The summed E-state index contributed by atoms with van der Waals surface area (Å²) in [7, 11) is 0. The molecule has 0 unspecified atom stereocenters. The summed E-state index contributed by atoms with van der Waals surface area (Å²) < 4.78 is 32.8. The number of amides is 1. The average Bonchev–Trinajstić information content (AvgIpc) is 3.19. The minimum Gasteiger partial charge on any atom is -0.451 e. The molecule has 1 amide bonds. The summed E-state index contributed by atoms with van der Waals surface area (Å²) in [5.41, 5.74) is 2.29. The second kappa shape index (κ2) is 6.70. The van der Waals surface area contributed by atoms with Crippen molar-refractivity contribution in [3.63, 3.8) is 0 Å². The van der Waals surface area contributed by atoms with E-state index < -0.39 is 11.6 Å². The fraction of sp³-hybridized carbons (Fsp3) is 0.150. The van der Waals surface area contributed by atoms with Crippen LogP contribution in [0.2, 0.25) is 5.02 Å². The third-order valence-corrected chi connectivity index (χ3v) is 4.78. The molecule has 27 heavy (non-hydrogen) atoms. The van der Waals surface area contributed by atoms with Gasteiger partial charge in [0.05, 0.1) is 5.52 Å². The molecule has 2 aromatic carbocycles. The highest BCUT2D eigenvalue weighted by molar-refractivity contribution is 6.31. The van der Waals surface area contributed by atoms with Crippen LogP contribution in [0.25, 0.3) is 21.9 Å². The van der Waals surface area contributed by atoms with Crippen LogP contribution in [0.15, 0.2) is 40.8 Å². The van der Waals surface area contributed by atoms with Gasteiger partial charge in [-0.25, -0.2) is 8.78 Å². The third-order valence-electron chi connectivity index (χ3n) is 4.55. The van der Waals surface area contributed by atoms with Gasteiger partial charge in [-0.05, 0) is 55.3 Å². The van der Waals surface area contributed by atoms with Crippen LogP contribution in [-0.2, 0) is 6.42 Å². The highest BCUT2D eigenvalue weighted by atomic mass is 35.5. The summed E-state index contributed by atoms with van der Waals surface area (Å²) in [6, 6.07) is 9.39. The molecule has 2 aromatic heterocycles. The summed E-state index contributed by atoms with van der Waals surface area (Å²) in [6.07, 6.45) is 0.467. The van der Waals surface area contributed by atoms with E-state index in [2.05, 4.69) is 10.3 Å². The second-order valence-corrected chi connectivity index (χ2v) is 6.75. The van der Waals surface area contributed by atoms with Gasteiger partial charge in [0, 0.05) is 28.0 Å². The van der Waals surface area contributed by atoms with Gasteiger partial charge in [0.1, 0.15) is 5.58 Å². The van der Waals surface area contributed by atoms with Crippen LogP contribution in [0.4, 0.5) is 8.78 Å². The Labute approximate surface area is 158 Å². The van der Waals surface area contributed by atoms with Gasteiger partial charge in [-0.1, -0.05) is 11.6 Å². The normalized spacial score (nSPS) is 11.4. The van der Waals surface area contributed by atoms with E-state index in [0.717, 1.165) is 22.7 Å². The van der Waals surface area contributed by atoms with E-state index in [1.807, 2.05) is 0 Å². The highest BCUT2D eigenvalue weighted by Crippen LogP contribution is 2.26. The zero-order valence-corrected chi connectivity index (χ0v) is 15.1. The predicted molar refractivity (Wildman–Crippen MR) is 100 cm³/mol. The number of hydrogen-bond acceptors (Lipinski definition) is 2. The Hall–Kier alpha value is -2.86. The van der Waals surface area contributed by atoms with Crippen molar-refractivity contribution in [3.8, 4) is 0 Å². The number of aromatic amines is 1. The molecule has 2 N–H and O–H groups in total. The van der Waals surface area contributed by atoms with E-state index in [1.54, 1.807) is 31.2 Å². The number of nitrogens with one attached hydrogen (secondary N) is 2. The first-order chi connectivity index (χ1) is 12.9. The van der Waals surface area contributed by atoms with Crippen LogP contribution in [0.5, 0.6) is 0 Å². The summed E-state index contributed by atoms with van der Waals surface area (Å²) in [5, 5.41) is 4.70. The van der Waals surface area contributed by atoms with Crippen LogP contribution >= 0.6 is 11.6 Å². The molecule has 0 bridgehead atoms. The number of carbonyl (C=O) groups excluding carboxylic acids is 1. The molecule has 2 heterocycles. The number of benzene rings is 2. The van der Waals surface area contributed by atoms with Crippen LogP contribution < -0.4 is 5.32 Å². The summed E-state index contributed by atoms with van der Waals surface area (Å²) >= 11 is 5.94. The lowest BCUT2D eigenvalue weighted by atomic mass is 10.1. The average molecular weight is 389 g/mol. The Morgan fingerprint density at radius 3 is 2.85 bits per heavy atom. The molecule has 4 rings (SSSR count). The Morgan fingerprint density at radius 1 is 1.22 bits per heavy atom. The van der Waals surface area contributed by atoms with Crippen molar-refractivity contribution in [1.29, 1.82) is 0 Å². The number of aromatic nitrogens is 1. The van der Waals surface area contributed by atoms with Gasteiger partial charge in [0.15, 0.2) is 17.4 Å². The Balaban J connectivity index is 1.49. The number of H-pyrrole nitrogens is 1. The number of carbonyl (C=O) groups is 1. The fourth-order valence-corrected chi connectivity index (χ4v) is 3.41. The first-order valence-corrected chi connectivity index (χ1v) is 8.74. The quantitative estimate of drug-likeness (QED) is 0.509. The van der Waals surface area contributed by atoms with Gasteiger partial charge >= 0.3 is 0 Å². The maximum absolute atomic E-state index is 13.9. The Bertz CT molecular complexity index is 1180. The summed E-state index contributed by atoms with van der Waals surface area (Å²) in [5.74, 6) is -1.95. The van der Waals surface area contributed by atoms with Crippen LogP contribution in [0.1, 0.15) is 21.8 Å². The molecular weight excluding hydrogens is 374 g/mol. The standard InChI is InChI=1S/C20H15ClF2N2O2/c1-10-13(14-3-4-15(22)18(23)19(14)25-10)6-7-24-20(26)17-9-11-8-12(21)2-5-16(11)27-17/h2-5,8-9,25H,6-7H2,1H3,(H,24,26). The molecule has 0 saturated heterocycles.